The fraction of sp³-hybridized carbons (Fsp3) is 0.688. The van der Waals surface area contributed by atoms with Crippen molar-refractivity contribution in [1.29, 1.82) is 0 Å². The molecule has 1 atom stereocenters. The summed E-state index contributed by atoms with van der Waals surface area (Å²) in [5.41, 5.74) is 0. The van der Waals surface area contributed by atoms with E-state index in [1.54, 1.807) is 7.11 Å². The highest BCUT2D eigenvalue weighted by Gasteiger charge is 2.22. The number of rotatable bonds is 9. The highest BCUT2D eigenvalue weighted by molar-refractivity contribution is 7.99. The molecular formula is C16H28N6OS. The summed E-state index contributed by atoms with van der Waals surface area (Å²) < 4.78 is 7.10. The maximum atomic E-state index is 5.11. The van der Waals surface area contributed by atoms with Crippen LogP contribution in [-0.4, -0.2) is 58.5 Å². The maximum Gasteiger partial charge on any atom is 0.191 e. The second-order valence-corrected chi connectivity index (χ2v) is 6.71. The monoisotopic (exact) mass is 352 g/mol. The summed E-state index contributed by atoms with van der Waals surface area (Å²) in [6.45, 7) is 8.73. The number of aryl methyl sites for hydroxylation is 1. The molecule has 0 bridgehead atoms. The number of nitrogens with one attached hydrogen (secondary N) is 2. The van der Waals surface area contributed by atoms with Crippen LogP contribution in [0.2, 0.25) is 0 Å². The predicted molar refractivity (Wildman–Crippen MR) is 99.5 cm³/mol. The zero-order valence-electron chi connectivity index (χ0n) is 14.6. The molecule has 0 aromatic carbocycles. The normalized spacial score (nSPS) is 17.4. The Morgan fingerprint density at radius 3 is 3.21 bits per heavy atom. The third kappa shape index (κ3) is 5.83. The van der Waals surface area contributed by atoms with E-state index in [1.807, 2.05) is 22.5 Å². The molecule has 2 heterocycles. The van der Waals surface area contributed by atoms with Crippen molar-refractivity contribution < 1.29 is 4.74 Å². The first-order valence-corrected chi connectivity index (χ1v) is 9.57. The first-order valence-electron chi connectivity index (χ1n) is 8.41. The van der Waals surface area contributed by atoms with E-state index in [0.717, 1.165) is 61.6 Å². The van der Waals surface area contributed by atoms with E-state index in [9.17, 15) is 0 Å². The third-order valence-corrected chi connectivity index (χ3v) is 4.54. The minimum Gasteiger partial charge on any atom is -0.377 e. The summed E-state index contributed by atoms with van der Waals surface area (Å²) in [5, 5.41) is 11.3. The zero-order valence-corrected chi connectivity index (χ0v) is 15.4. The molecule has 1 aliphatic heterocycles. The Labute approximate surface area is 148 Å². The van der Waals surface area contributed by atoms with E-state index in [2.05, 4.69) is 39.2 Å². The molecule has 0 saturated carbocycles. The number of guanidine groups is 1. The van der Waals surface area contributed by atoms with Crippen molar-refractivity contribution in [3.05, 3.63) is 24.3 Å². The molecule has 0 fully saturated rings. The maximum absolute atomic E-state index is 5.11. The first-order chi connectivity index (χ1) is 11.8. The van der Waals surface area contributed by atoms with Crippen LogP contribution in [-0.2, 0) is 24.3 Å². The van der Waals surface area contributed by atoms with E-state index >= 15 is 0 Å². The van der Waals surface area contributed by atoms with Gasteiger partial charge in [0.15, 0.2) is 11.8 Å². The number of thioether (sulfide) groups is 1. The minimum absolute atomic E-state index is 0.313. The van der Waals surface area contributed by atoms with Crippen molar-refractivity contribution >= 4 is 17.7 Å². The van der Waals surface area contributed by atoms with Crippen LogP contribution in [0, 0.1) is 0 Å². The molecule has 1 aliphatic rings. The molecule has 2 rings (SSSR count). The van der Waals surface area contributed by atoms with E-state index in [0.29, 0.717) is 12.6 Å². The van der Waals surface area contributed by atoms with Gasteiger partial charge in [0.2, 0.25) is 0 Å². The summed E-state index contributed by atoms with van der Waals surface area (Å²) in [7, 11) is 1.66. The number of aliphatic imine (C=N–C) groups is 1. The van der Waals surface area contributed by atoms with Crippen LogP contribution in [0.5, 0.6) is 0 Å². The highest BCUT2D eigenvalue weighted by Crippen LogP contribution is 2.13. The lowest BCUT2D eigenvalue weighted by molar-refractivity contribution is 0.177. The lowest BCUT2D eigenvalue weighted by atomic mass is 10.1. The topological polar surface area (TPSA) is 76.4 Å². The molecule has 1 aromatic heterocycles. The van der Waals surface area contributed by atoms with Crippen LogP contribution in [0.4, 0.5) is 0 Å². The fourth-order valence-corrected chi connectivity index (χ4v) is 3.12. The summed E-state index contributed by atoms with van der Waals surface area (Å²) in [6, 6.07) is 0.313. The van der Waals surface area contributed by atoms with E-state index in [1.165, 1.54) is 0 Å². The molecule has 7 nitrogen and oxygen atoms in total. The van der Waals surface area contributed by atoms with E-state index in [4.69, 9.17) is 4.74 Å². The molecule has 0 amide bonds. The van der Waals surface area contributed by atoms with Crippen LogP contribution in [0.25, 0.3) is 0 Å². The highest BCUT2D eigenvalue weighted by atomic mass is 32.2. The minimum atomic E-state index is 0.313. The average molecular weight is 353 g/mol. The van der Waals surface area contributed by atoms with Crippen LogP contribution in [0.1, 0.15) is 25.0 Å². The molecule has 0 saturated heterocycles. The number of hydrogen-bond acceptors (Lipinski definition) is 5. The number of fused-ring (bicyclic) bond motifs is 1. The van der Waals surface area contributed by atoms with Gasteiger partial charge >= 0.3 is 0 Å². The molecular weight excluding hydrogens is 324 g/mol. The van der Waals surface area contributed by atoms with Crippen molar-refractivity contribution in [2.24, 2.45) is 4.99 Å². The summed E-state index contributed by atoms with van der Waals surface area (Å²) in [4.78, 5) is 9.15. The summed E-state index contributed by atoms with van der Waals surface area (Å²) in [5.74, 6) is 4.65. The second kappa shape index (κ2) is 10.4. The van der Waals surface area contributed by atoms with Gasteiger partial charge in [-0.25, -0.2) is 9.67 Å². The van der Waals surface area contributed by atoms with Crippen molar-refractivity contribution in [3.63, 3.8) is 0 Å². The second-order valence-electron chi connectivity index (χ2n) is 5.56. The van der Waals surface area contributed by atoms with Crippen LogP contribution in [0.15, 0.2) is 17.6 Å². The van der Waals surface area contributed by atoms with Gasteiger partial charge in [0.1, 0.15) is 12.4 Å². The molecule has 134 valence electrons. The Hall–Kier alpha value is -1.54. The average Bonchev–Trinajstić information content (AvgIpc) is 2.97. The molecule has 0 aliphatic carbocycles. The van der Waals surface area contributed by atoms with Crippen LogP contribution >= 0.6 is 11.8 Å². The van der Waals surface area contributed by atoms with Gasteiger partial charge in [0.25, 0.3) is 0 Å². The molecule has 2 N–H and O–H groups in total. The zero-order chi connectivity index (χ0) is 17.2. The van der Waals surface area contributed by atoms with Crippen molar-refractivity contribution in [3.8, 4) is 0 Å². The van der Waals surface area contributed by atoms with Gasteiger partial charge in [-0.3, -0.25) is 4.99 Å². The number of ether oxygens (including phenoxy) is 1. The van der Waals surface area contributed by atoms with Crippen LogP contribution in [0.3, 0.4) is 0 Å². The SMILES string of the molecule is C=CCSCCN=C(NCC)NC1CCc2nc(COC)nn2C1. The fourth-order valence-electron chi connectivity index (χ4n) is 2.57. The molecule has 0 spiro atoms. The smallest absolute Gasteiger partial charge is 0.191 e. The first kappa shape index (κ1) is 18.8. The van der Waals surface area contributed by atoms with Gasteiger partial charge in [0.05, 0.1) is 13.1 Å². The third-order valence-electron chi connectivity index (χ3n) is 3.60. The van der Waals surface area contributed by atoms with Crippen LogP contribution < -0.4 is 10.6 Å². The van der Waals surface area contributed by atoms with Gasteiger partial charge in [-0.15, -0.1) is 6.58 Å². The Kier molecular flexibility index (Phi) is 8.11. The Morgan fingerprint density at radius 2 is 2.46 bits per heavy atom. The standard InChI is InChI=1S/C16H28N6OS/c1-4-9-24-10-8-18-16(17-5-2)19-13-6-7-15-20-14(12-23-3)21-22(15)11-13/h4,13H,1,5-12H2,2-3H3,(H2,17,18,19). The van der Waals surface area contributed by atoms with Crippen molar-refractivity contribution in [2.45, 2.75) is 39.0 Å². The van der Waals surface area contributed by atoms with E-state index < -0.39 is 0 Å². The van der Waals surface area contributed by atoms with Gasteiger partial charge < -0.3 is 15.4 Å². The summed E-state index contributed by atoms with van der Waals surface area (Å²) >= 11 is 1.84. The van der Waals surface area contributed by atoms with Crippen molar-refractivity contribution in [2.75, 3.05) is 31.7 Å². The van der Waals surface area contributed by atoms with Gasteiger partial charge in [-0.05, 0) is 13.3 Å². The molecule has 0 radical (unpaired) electrons. The lowest BCUT2D eigenvalue weighted by Gasteiger charge is -2.25. The molecule has 1 aromatic rings. The number of methoxy groups -OCH3 is 1. The Morgan fingerprint density at radius 1 is 1.58 bits per heavy atom. The molecule has 8 heteroatoms. The van der Waals surface area contributed by atoms with E-state index in [-0.39, 0.29) is 0 Å². The van der Waals surface area contributed by atoms with Crippen molar-refractivity contribution in [1.82, 2.24) is 25.4 Å². The Balaban J connectivity index is 1.87. The van der Waals surface area contributed by atoms with Gasteiger partial charge in [-0.2, -0.15) is 16.9 Å². The predicted octanol–water partition coefficient (Wildman–Crippen LogP) is 1.21. The Bertz CT molecular complexity index is 545. The van der Waals surface area contributed by atoms with Gasteiger partial charge in [0, 0.05) is 37.6 Å². The number of aromatic nitrogens is 3. The summed E-state index contributed by atoms with van der Waals surface area (Å²) in [6.07, 6.45) is 3.87. The van der Waals surface area contributed by atoms with Gasteiger partial charge in [-0.1, -0.05) is 6.08 Å². The largest absolute Gasteiger partial charge is 0.377 e. The quantitative estimate of drug-likeness (QED) is 0.301. The lowest BCUT2D eigenvalue weighted by Crippen LogP contribution is -2.47. The number of nitrogens with zero attached hydrogens (tertiary/aromatic N) is 4. The number of hydrogen-bond donors (Lipinski definition) is 2. The molecule has 24 heavy (non-hydrogen) atoms. The molecule has 1 unspecified atom stereocenters.